The number of nitrogens with zero attached hydrogens (tertiary/aromatic N) is 1. The average molecular weight is 185 g/mol. The summed E-state index contributed by atoms with van der Waals surface area (Å²) in [6.07, 6.45) is 2.01. The quantitative estimate of drug-likeness (QED) is 0.654. The molecule has 0 amide bonds. The van der Waals surface area contributed by atoms with Crippen LogP contribution in [-0.4, -0.2) is 35.7 Å². The minimum absolute atomic E-state index is 0.301. The lowest BCUT2D eigenvalue weighted by molar-refractivity contribution is 0.00816. The van der Waals surface area contributed by atoms with Crippen LogP contribution in [0.25, 0.3) is 0 Å². The minimum Gasteiger partial charge on any atom is -0.374 e. The van der Waals surface area contributed by atoms with E-state index in [2.05, 4.69) is 39.5 Å². The highest BCUT2D eigenvalue weighted by atomic mass is 16.5. The van der Waals surface area contributed by atoms with E-state index in [0.717, 1.165) is 6.54 Å². The predicted molar refractivity (Wildman–Crippen MR) is 56.0 cm³/mol. The fraction of sp³-hybridized carbons (Fsp3) is 1.00. The van der Waals surface area contributed by atoms with Crippen molar-refractivity contribution < 1.29 is 4.74 Å². The third-order valence-corrected chi connectivity index (χ3v) is 2.56. The van der Waals surface area contributed by atoms with Gasteiger partial charge in [-0.25, -0.2) is 0 Å². The molecule has 1 atom stereocenters. The van der Waals surface area contributed by atoms with Crippen molar-refractivity contribution in [3.8, 4) is 0 Å². The Morgan fingerprint density at radius 3 is 2.31 bits per heavy atom. The smallest absolute Gasteiger partial charge is 0.0717 e. The molecule has 13 heavy (non-hydrogen) atoms. The van der Waals surface area contributed by atoms with Crippen LogP contribution in [0.1, 0.15) is 41.0 Å². The zero-order chi connectivity index (χ0) is 10.1. The highest BCUT2D eigenvalue weighted by Crippen LogP contribution is 2.22. The maximum atomic E-state index is 5.79. The van der Waals surface area contributed by atoms with Gasteiger partial charge in [-0.1, -0.05) is 0 Å². The third-order valence-electron chi connectivity index (χ3n) is 2.56. The first kappa shape index (κ1) is 11.0. The first-order chi connectivity index (χ1) is 5.89. The van der Waals surface area contributed by atoms with Gasteiger partial charge in [0.15, 0.2) is 0 Å². The summed E-state index contributed by atoms with van der Waals surface area (Å²) in [4.78, 5) is 2.50. The summed E-state index contributed by atoms with van der Waals surface area (Å²) in [5.74, 6) is 0. The zero-order valence-corrected chi connectivity index (χ0v) is 9.63. The molecule has 0 bridgehead atoms. The van der Waals surface area contributed by atoms with Gasteiger partial charge in [0, 0.05) is 18.6 Å². The third kappa shape index (κ3) is 3.28. The summed E-state index contributed by atoms with van der Waals surface area (Å²) in [5.41, 5.74) is 0.301. The van der Waals surface area contributed by atoms with E-state index in [-0.39, 0.29) is 0 Å². The van der Waals surface area contributed by atoms with Gasteiger partial charge in [0.25, 0.3) is 0 Å². The molecule has 78 valence electrons. The van der Waals surface area contributed by atoms with Gasteiger partial charge < -0.3 is 4.74 Å². The Morgan fingerprint density at radius 1 is 1.31 bits per heavy atom. The number of hydrogen-bond donors (Lipinski definition) is 0. The summed E-state index contributed by atoms with van der Waals surface area (Å²) in [6.45, 7) is 13.3. The molecular weight excluding hydrogens is 162 g/mol. The second-order valence-electron chi connectivity index (χ2n) is 5.21. The maximum Gasteiger partial charge on any atom is 0.0717 e. The van der Waals surface area contributed by atoms with Crippen molar-refractivity contribution in [2.24, 2.45) is 0 Å². The van der Waals surface area contributed by atoms with E-state index < -0.39 is 0 Å². The zero-order valence-electron chi connectivity index (χ0n) is 9.63. The van der Waals surface area contributed by atoms with Gasteiger partial charge in [-0.05, 0) is 41.0 Å². The number of ether oxygens (including phenoxy) is 1. The van der Waals surface area contributed by atoms with E-state index in [4.69, 9.17) is 4.74 Å². The summed E-state index contributed by atoms with van der Waals surface area (Å²) in [6, 6.07) is 0. The van der Waals surface area contributed by atoms with E-state index >= 15 is 0 Å². The van der Waals surface area contributed by atoms with Crippen LogP contribution in [0.5, 0.6) is 0 Å². The number of hydrogen-bond acceptors (Lipinski definition) is 2. The van der Waals surface area contributed by atoms with Gasteiger partial charge in [0.05, 0.1) is 12.2 Å². The van der Waals surface area contributed by atoms with Crippen LogP contribution in [0, 0.1) is 0 Å². The molecule has 1 saturated heterocycles. The highest BCUT2D eigenvalue weighted by molar-refractivity contribution is 4.85. The maximum absolute atomic E-state index is 5.79. The Kier molecular flexibility index (Phi) is 3.36. The van der Waals surface area contributed by atoms with Crippen LogP contribution in [0.4, 0.5) is 0 Å². The summed E-state index contributed by atoms with van der Waals surface area (Å²) in [5, 5.41) is 0. The molecule has 0 aromatic carbocycles. The Bertz CT molecular complexity index is 160. The Balaban J connectivity index is 2.36. The molecule has 0 saturated carbocycles. The molecule has 1 rings (SSSR count). The van der Waals surface area contributed by atoms with Crippen LogP contribution in [-0.2, 0) is 4.74 Å². The van der Waals surface area contributed by atoms with E-state index in [9.17, 15) is 0 Å². The number of likely N-dealkylation sites (tertiary alicyclic amines) is 1. The molecule has 0 aromatic rings. The molecule has 0 spiro atoms. The summed E-state index contributed by atoms with van der Waals surface area (Å²) >= 11 is 0. The van der Waals surface area contributed by atoms with Gasteiger partial charge in [-0.2, -0.15) is 0 Å². The van der Waals surface area contributed by atoms with Crippen LogP contribution >= 0.6 is 0 Å². The molecule has 0 N–H and O–H groups in total. The first-order valence-corrected chi connectivity index (χ1v) is 5.30. The minimum atomic E-state index is 0.301. The van der Waals surface area contributed by atoms with Crippen LogP contribution < -0.4 is 0 Å². The van der Waals surface area contributed by atoms with Crippen molar-refractivity contribution in [1.82, 2.24) is 4.90 Å². The largest absolute Gasteiger partial charge is 0.374 e. The topological polar surface area (TPSA) is 12.5 Å². The highest BCUT2D eigenvalue weighted by Gasteiger charge is 2.30. The van der Waals surface area contributed by atoms with Gasteiger partial charge in [-0.3, -0.25) is 4.90 Å². The molecule has 1 aliphatic heterocycles. The molecule has 2 nitrogen and oxygen atoms in total. The Morgan fingerprint density at radius 2 is 1.92 bits per heavy atom. The fourth-order valence-corrected chi connectivity index (χ4v) is 1.83. The van der Waals surface area contributed by atoms with Crippen molar-refractivity contribution in [3.63, 3.8) is 0 Å². The van der Waals surface area contributed by atoms with Crippen molar-refractivity contribution in [2.45, 2.75) is 58.8 Å². The van der Waals surface area contributed by atoms with Gasteiger partial charge in [-0.15, -0.1) is 0 Å². The monoisotopic (exact) mass is 185 g/mol. The lowest BCUT2D eigenvalue weighted by Gasteiger charge is -2.31. The van der Waals surface area contributed by atoms with Crippen molar-refractivity contribution in [3.05, 3.63) is 0 Å². The average Bonchev–Trinajstić information content (AvgIpc) is 2.32. The summed E-state index contributed by atoms with van der Waals surface area (Å²) < 4.78 is 5.79. The van der Waals surface area contributed by atoms with Crippen molar-refractivity contribution in [1.29, 1.82) is 0 Å². The van der Waals surface area contributed by atoms with Gasteiger partial charge >= 0.3 is 0 Å². The van der Waals surface area contributed by atoms with Crippen LogP contribution in [0.15, 0.2) is 0 Å². The first-order valence-electron chi connectivity index (χ1n) is 5.30. The van der Waals surface area contributed by atoms with Crippen molar-refractivity contribution in [2.75, 3.05) is 13.1 Å². The SMILES string of the molecule is CC(C)O[C@H]1CCN(C(C)(C)C)C1. The van der Waals surface area contributed by atoms with E-state index in [1.807, 2.05) is 0 Å². The second kappa shape index (κ2) is 3.97. The Labute approximate surface area is 82.3 Å². The molecule has 1 heterocycles. The number of rotatable bonds is 2. The molecule has 0 radical (unpaired) electrons. The van der Waals surface area contributed by atoms with E-state index in [1.165, 1.54) is 13.0 Å². The lowest BCUT2D eigenvalue weighted by atomic mass is 10.1. The molecule has 0 aliphatic carbocycles. The van der Waals surface area contributed by atoms with Crippen LogP contribution in [0.3, 0.4) is 0 Å². The Hall–Kier alpha value is -0.0800. The van der Waals surface area contributed by atoms with Crippen LogP contribution in [0.2, 0.25) is 0 Å². The van der Waals surface area contributed by atoms with E-state index in [1.54, 1.807) is 0 Å². The summed E-state index contributed by atoms with van der Waals surface area (Å²) in [7, 11) is 0. The molecule has 1 fully saturated rings. The van der Waals surface area contributed by atoms with E-state index in [0.29, 0.717) is 17.7 Å². The standard InChI is InChI=1S/C11H23NO/c1-9(2)13-10-6-7-12(8-10)11(3,4)5/h9-10H,6-8H2,1-5H3/t10-/m0/s1. The molecule has 0 unspecified atom stereocenters. The molecule has 2 heteroatoms. The second-order valence-corrected chi connectivity index (χ2v) is 5.21. The normalized spacial score (nSPS) is 25.8. The molecular formula is C11H23NO. The van der Waals surface area contributed by atoms with Gasteiger partial charge in [0.1, 0.15) is 0 Å². The van der Waals surface area contributed by atoms with Crippen molar-refractivity contribution >= 4 is 0 Å². The van der Waals surface area contributed by atoms with Gasteiger partial charge in [0.2, 0.25) is 0 Å². The predicted octanol–water partition coefficient (Wildman–Crippen LogP) is 2.28. The molecule has 1 aliphatic rings. The lowest BCUT2D eigenvalue weighted by Crippen LogP contribution is -2.40. The molecule has 0 aromatic heterocycles. The fourth-order valence-electron chi connectivity index (χ4n) is 1.83.